The fraction of sp³-hybridized carbons (Fsp3) is 0.300. The topological polar surface area (TPSA) is 23.8 Å². The summed E-state index contributed by atoms with van der Waals surface area (Å²) < 4.78 is 26.2. The molecule has 0 aliphatic rings. The number of alkyl halides is 2. The number of benzene rings is 1. The van der Waals surface area contributed by atoms with E-state index < -0.39 is 12.3 Å². The lowest BCUT2D eigenvalue weighted by Crippen LogP contribution is -2.12. The molecule has 0 saturated carbocycles. The van der Waals surface area contributed by atoms with Crippen molar-refractivity contribution in [3.05, 3.63) is 35.4 Å². The van der Waals surface area contributed by atoms with Crippen LogP contribution in [0.2, 0.25) is 0 Å². The highest BCUT2D eigenvalue weighted by Gasteiger charge is 2.30. The molecule has 0 atom stereocenters. The average molecular weight is 181 g/mol. The summed E-state index contributed by atoms with van der Waals surface area (Å²) in [7, 11) is 0. The highest BCUT2D eigenvalue weighted by molar-refractivity contribution is 5.26. The second-order valence-corrected chi connectivity index (χ2v) is 2.91. The van der Waals surface area contributed by atoms with Gasteiger partial charge >= 0.3 is 0 Å². The van der Waals surface area contributed by atoms with Crippen LogP contribution in [0.15, 0.2) is 24.3 Å². The van der Waals surface area contributed by atoms with Gasteiger partial charge in [-0.25, -0.2) is 8.78 Å². The molecule has 68 valence electrons. The molecule has 3 heteroatoms. The van der Waals surface area contributed by atoms with Gasteiger partial charge in [0, 0.05) is 5.56 Å². The Balaban J connectivity index is 3.01. The van der Waals surface area contributed by atoms with Crippen molar-refractivity contribution < 1.29 is 8.78 Å². The summed E-state index contributed by atoms with van der Waals surface area (Å²) in [6.07, 6.45) is -0.767. The molecule has 0 radical (unpaired) electrons. The Morgan fingerprint density at radius 3 is 2.69 bits per heavy atom. The van der Waals surface area contributed by atoms with E-state index in [4.69, 9.17) is 5.26 Å². The Kier molecular flexibility index (Phi) is 2.62. The highest BCUT2D eigenvalue weighted by atomic mass is 19.3. The van der Waals surface area contributed by atoms with Crippen LogP contribution in [-0.2, 0) is 5.92 Å². The number of rotatable bonds is 2. The molecule has 0 aliphatic carbocycles. The Morgan fingerprint density at radius 1 is 1.46 bits per heavy atom. The molecule has 0 aliphatic heterocycles. The summed E-state index contributed by atoms with van der Waals surface area (Å²) >= 11 is 0. The first-order valence-corrected chi connectivity index (χ1v) is 3.88. The van der Waals surface area contributed by atoms with Crippen molar-refractivity contribution in [2.24, 2.45) is 0 Å². The van der Waals surface area contributed by atoms with Crippen molar-refractivity contribution in [2.75, 3.05) is 0 Å². The average Bonchev–Trinajstić information content (AvgIpc) is 2.04. The van der Waals surface area contributed by atoms with E-state index in [1.54, 1.807) is 19.1 Å². The summed E-state index contributed by atoms with van der Waals surface area (Å²) in [6, 6.07) is 7.52. The maximum Gasteiger partial charge on any atom is 0.286 e. The lowest BCUT2D eigenvalue weighted by molar-refractivity contribution is 0.000893. The van der Waals surface area contributed by atoms with Crippen LogP contribution in [-0.4, -0.2) is 0 Å². The largest absolute Gasteiger partial charge is 0.286 e. The minimum Gasteiger partial charge on any atom is -0.200 e. The minimum atomic E-state index is -3.03. The standard InChI is InChI=1S/C10H9F2N/c1-8-3-2-4-9(7-8)10(11,12)5-6-13/h2-4,7H,5H2,1H3. The second kappa shape index (κ2) is 3.53. The SMILES string of the molecule is Cc1cccc(C(F)(F)CC#N)c1. The van der Waals surface area contributed by atoms with Crippen LogP contribution >= 0.6 is 0 Å². The van der Waals surface area contributed by atoms with E-state index in [1.165, 1.54) is 18.2 Å². The van der Waals surface area contributed by atoms with Gasteiger partial charge in [-0.3, -0.25) is 0 Å². The summed E-state index contributed by atoms with van der Waals surface area (Å²) in [4.78, 5) is 0. The van der Waals surface area contributed by atoms with Crippen LogP contribution in [0, 0.1) is 18.3 Å². The zero-order valence-electron chi connectivity index (χ0n) is 7.22. The lowest BCUT2D eigenvalue weighted by atomic mass is 10.0. The zero-order chi connectivity index (χ0) is 9.90. The molecule has 13 heavy (non-hydrogen) atoms. The van der Waals surface area contributed by atoms with E-state index in [0.29, 0.717) is 0 Å². The number of nitrogens with zero attached hydrogens (tertiary/aromatic N) is 1. The second-order valence-electron chi connectivity index (χ2n) is 2.91. The fourth-order valence-corrected chi connectivity index (χ4v) is 1.07. The van der Waals surface area contributed by atoms with E-state index in [-0.39, 0.29) is 5.56 Å². The summed E-state index contributed by atoms with van der Waals surface area (Å²) in [6.45, 7) is 1.74. The maximum absolute atomic E-state index is 13.1. The number of hydrogen-bond acceptors (Lipinski definition) is 1. The van der Waals surface area contributed by atoms with Crippen molar-refractivity contribution in [3.8, 4) is 6.07 Å². The number of hydrogen-bond donors (Lipinski definition) is 0. The fourth-order valence-electron chi connectivity index (χ4n) is 1.07. The van der Waals surface area contributed by atoms with Crippen LogP contribution in [0.3, 0.4) is 0 Å². The number of halogens is 2. The van der Waals surface area contributed by atoms with Gasteiger partial charge in [0.1, 0.15) is 6.42 Å². The molecule has 0 saturated heterocycles. The molecule has 0 amide bonds. The van der Waals surface area contributed by atoms with Gasteiger partial charge in [0.05, 0.1) is 6.07 Å². The molecular weight excluding hydrogens is 172 g/mol. The quantitative estimate of drug-likeness (QED) is 0.688. The molecule has 0 unspecified atom stereocenters. The molecule has 0 N–H and O–H groups in total. The minimum absolute atomic E-state index is 0.0888. The Morgan fingerprint density at radius 2 is 2.15 bits per heavy atom. The van der Waals surface area contributed by atoms with Crippen LogP contribution < -0.4 is 0 Å². The molecule has 0 aromatic heterocycles. The van der Waals surface area contributed by atoms with E-state index in [1.807, 2.05) is 0 Å². The van der Waals surface area contributed by atoms with Crippen molar-refractivity contribution in [1.29, 1.82) is 5.26 Å². The van der Waals surface area contributed by atoms with E-state index >= 15 is 0 Å². The molecule has 0 heterocycles. The van der Waals surface area contributed by atoms with Gasteiger partial charge in [-0.1, -0.05) is 29.8 Å². The van der Waals surface area contributed by atoms with Gasteiger partial charge in [0.2, 0.25) is 0 Å². The molecule has 1 nitrogen and oxygen atoms in total. The summed E-state index contributed by atoms with van der Waals surface area (Å²) in [5.74, 6) is -3.03. The summed E-state index contributed by atoms with van der Waals surface area (Å²) in [5.41, 5.74) is 0.684. The van der Waals surface area contributed by atoms with Crippen LogP contribution in [0.1, 0.15) is 17.5 Å². The first-order valence-electron chi connectivity index (χ1n) is 3.88. The van der Waals surface area contributed by atoms with Crippen molar-refractivity contribution in [2.45, 2.75) is 19.3 Å². The Hall–Kier alpha value is -1.43. The monoisotopic (exact) mass is 181 g/mol. The van der Waals surface area contributed by atoms with Gasteiger partial charge in [-0.15, -0.1) is 0 Å². The zero-order valence-corrected chi connectivity index (χ0v) is 7.22. The first kappa shape index (κ1) is 9.66. The Bertz CT molecular complexity index is 339. The van der Waals surface area contributed by atoms with Gasteiger partial charge in [-0.05, 0) is 6.92 Å². The molecular formula is C10H9F2N. The van der Waals surface area contributed by atoms with E-state index in [2.05, 4.69) is 0 Å². The third-order valence-electron chi connectivity index (χ3n) is 1.74. The lowest BCUT2D eigenvalue weighted by Gasteiger charge is -2.12. The predicted molar refractivity (Wildman–Crippen MR) is 45.3 cm³/mol. The number of aryl methyl sites for hydroxylation is 1. The van der Waals surface area contributed by atoms with E-state index in [0.717, 1.165) is 5.56 Å². The molecule has 1 rings (SSSR count). The summed E-state index contributed by atoms with van der Waals surface area (Å²) in [5, 5.41) is 8.20. The molecule has 1 aromatic rings. The van der Waals surface area contributed by atoms with Crippen molar-refractivity contribution in [1.82, 2.24) is 0 Å². The van der Waals surface area contributed by atoms with Gasteiger partial charge in [-0.2, -0.15) is 5.26 Å². The first-order chi connectivity index (χ1) is 6.06. The van der Waals surface area contributed by atoms with Gasteiger partial charge in [0.15, 0.2) is 0 Å². The van der Waals surface area contributed by atoms with Crippen LogP contribution in [0.4, 0.5) is 8.78 Å². The molecule has 0 spiro atoms. The van der Waals surface area contributed by atoms with Crippen molar-refractivity contribution >= 4 is 0 Å². The maximum atomic E-state index is 13.1. The van der Waals surface area contributed by atoms with Crippen LogP contribution in [0.5, 0.6) is 0 Å². The van der Waals surface area contributed by atoms with Gasteiger partial charge in [0.25, 0.3) is 5.92 Å². The van der Waals surface area contributed by atoms with Gasteiger partial charge < -0.3 is 0 Å². The molecule has 0 bridgehead atoms. The van der Waals surface area contributed by atoms with Crippen LogP contribution in [0.25, 0.3) is 0 Å². The molecule has 1 aromatic carbocycles. The predicted octanol–water partition coefficient (Wildman–Crippen LogP) is 3.00. The smallest absolute Gasteiger partial charge is 0.200 e. The highest BCUT2D eigenvalue weighted by Crippen LogP contribution is 2.31. The molecule has 0 fully saturated rings. The Labute approximate surface area is 75.6 Å². The van der Waals surface area contributed by atoms with E-state index in [9.17, 15) is 8.78 Å². The van der Waals surface area contributed by atoms with Crippen molar-refractivity contribution in [3.63, 3.8) is 0 Å². The third kappa shape index (κ3) is 2.25. The normalized spacial score (nSPS) is 10.9. The number of nitriles is 1. The third-order valence-corrected chi connectivity index (χ3v) is 1.74.